The first kappa shape index (κ1) is 19.1. The summed E-state index contributed by atoms with van der Waals surface area (Å²) < 4.78 is 0. The number of likely N-dealkylation sites (N-methyl/N-ethyl adjacent to an activating group) is 1. The molecule has 8 nitrogen and oxygen atoms in total. The van der Waals surface area contributed by atoms with Crippen molar-refractivity contribution >= 4 is 17.5 Å². The lowest BCUT2D eigenvalue weighted by Gasteiger charge is -2.36. The number of piperazine rings is 1. The molecule has 0 bridgehead atoms. The highest BCUT2D eigenvalue weighted by molar-refractivity contribution is 5.94. The number of benzene rings is 1. The lowest BCUT2D eigenvalue weighted by Crippen LogP contribution is -2.48. The number of nitrogens with zero attached hydrogens (tertiary/aromatic N) is 5. The predicted octanol–water partition coefficient (Wildman–Crippen LogP) is 0.508. The molecule has 0 aliphatic carbocycles. The highest BCUT2D eigenvalue weighted by Crippen LogP contribution is 2.25. The van der Waals surface area contributed by atoms with E-state index in [9.17, 15) is 4.79 Å². The SMILES string of the molecule is CN(C)CCN1CCN(c2nc(-c3cccc(C(N)=O)c3)cnc2N)CC1. The average Bonchev–Trinajstić information content (AvgIpc) is 2.67. The minimum atomic E-state index is -0.464. The Morgan fingerprint density at radius 2 is 1.96 bits per heavy atom. The van der Waals surface area contributed by atoms with Crippen LogP contribution in [0.15, 0.2) is 30.5 Å². The van der Waals surface area contributed by atoms with E-state index < -0.39 is 5.91 Å². The summed E-state index contributed by atoms with van der Waals surface area (Å²) in [6.07, 6.45) is 1.63. The third kappa shape index (κ3) is 4.72. The van der Waals surface area contributed by atoms with Gasteiger partial charge in [0, 0.05) is 50.4 Å². The van der Waals surface area contributed by atoms with Crippen molar-refractivity contribution in [2.45, 2.75) is 0 Å². The topological polar surface area (TPSA) is 105 Å². The van der Waals surface area contributed by atoms with Gasteiger partial charge in [0.05, 0.1) is 11.9 Å². The van der Waals surface area contributed by atoms with E-state index in [1.807, 2.05) is 6.07 Å². The monoisotopic (exact) mass is 369 g/mol. The Kier molecular flexibility index (Phi) is 5.88. The van der Waals surface area contributed by atoms with Crippen LogP contribution in [-0.4, -0.2) is 79.0 Å². The van der Waals surface area contributed by atoms with Crippen molar-refractivity contribution in [3.63, 3.8) is 0 Å². The number of hydrogen-bond donors (Lipinski definition) is 2. The van der Waals surface area contributed by atoms with Crippen molar-refractivity contribution in [1.29, 1.82) is 0 Å². The molecule has 3 rings (SSSR count). The van der Waals surface area contributed by atoms with Gasteiger partial charge in [-0.1, -0.05) is 12.1 Å². The summed E-state index contributed by atoms with van der Waals surface area (Å²) in [5.41, 5.74) is 13.4. The van der Waals surface area contributed by atoms with Gasteiger partial charge in [0.15, 0.2) is 11.6 Å². The molecule has 4 N–H and O–H groups in total. The molecule has 0 atom stereocenters. The van der Waals surface area contributed by atoms with E-state index in [4.69, 9.17) is 16.5 Å². The Balaban J connectivity index is 1.75. The molecule has 0 unspecified atom stereocenters. The molecule has 0 saturated carbocycles. The van der Waals surface area contributed by atoms with Gasteiger partial charge in [-0.2, -0.15) is 0 Å². The normalized spacial score (nSPS) is 15.3. The Morgan fingerprint density at radius 1 is 1.22 bits per heavy atom. The summed E-state index contributed by atoms with van der Waals surface area (Å²) in [5, 5.41) is 0. The first-order chi connectivity index (χ1) is 12.9. The predicted molar refractivity (Wildman–Crippen MR) is 108 cm³/mol. The van der Waals surface area contributed by atoms with E-state index >= 15 is 0 Å². The van der Waals surface area contributed by atoms with Gasteiger partial charge in [-0.3, -0.25) is 9.69 Å². The highest BCUT2D eigenvalue weighted by atomic mass is 16.1. The maximum Gasteiger partial charge on any atom is 0.248 e. The fourth-order valence-electron chi connectivity index (χ4n) is 3.12. The fraction of sp³-hybridized carbons (Fsp3) is 0.421. The van der Waals surface area contributed by atoms with E-state index in [0.29, 0.717) is 22.9 Å². The van der Waals surface area contributed by atoms with Crippen LogP contribution >= 0.6 is 0 Å². The van der Waals surface area contributed by atoms with Crippen LogP contribution in [0.25, 0.3) is 11.3 Å². The third-order valence-corrected chi connectivity index (χ3v) is 4.76. The number of carbonyl (C=O) groups excluding carboxylic acids is 1. The lowest BCUT2D eigenvalue weighted by atomic mass is 10.1. The summed E-state index contributed by atoms with van der Waals surface area (Å²) >= 11 is 0. The number of anilines is 2. The molecule has 1 fully saturated rings. The number of aromatic nitrogens is 2. The molecule has 1 aromatic carbocycles. The van der Waals surface area contributed by atoms with Crippen molar-refractivity contribution in [3.05, 3.63) is 36.0 Å². The zero-order chi connectivity index (χ0) is 19.4. The molecule has 1 aromatic heterocycles. The lowest BCUT2D eigenvalue weighted by molar-refractivity contribution is 0.100. The van der Waals surface area contributed by atoms with Gasteiger partial charge < -0.3 is 21.3 Å². The summed E-state index contributed by atoms with van der Waals surface area (Å²) in [7, 11) is 4.18. The van der Waals surface area contributed by atoms with Crippen LogP contribution in [0.1, 0.15) is 10.4 Å². The van der Waals surface area contributed by atoms with E-state index in [0.717, 1.165) is 44.8 Å². The number of primary amides is 1. The summed E-state index contributed by atoms with van der Waals surface area (Å²) in [6.45, 7) is 5.76. The fourth-order valence-corrected chi connectivity index (χ4v) is 3.12. The zero-order valence-corrected chi connectivity index (χ0v) is 15.9. The van der Waals surface area contributed by atoms with Crippen LogP contribution in [0.3, 0.4) is 0 Å². The second-order valence-corrected chi connectivity index (χ2v) is 7.04. The maximum absolute atomic E-state index is 11.4. The molecule has 0 spiro atoms. The molecular weight excluding hydrogens is 342 g/mol. The Hall–Kier alpha value is -2.71. The number of nitrogen functional groups attached to an aromatic ring is 1. The van der Waals surface area contributed by atoms with Crippen LogP contribution < -0.4 is 16.4 Å². The van der Waals surface area contributed by atoms with Crippen molar-refractivity contribution in [2.75, 3.05) is 64.0 Å². The van der Waals surface area contributed by atoms with E-state index in [1.165, 1.54) is 0 Å². The highest BCUT2D eigenvalue weighted by Gasteiger charge is 2.21. The van der Waals surface area contributed by atoms with Gasteiger partial charge in [-0.25, -0.2) is 9.97 Å². The molecule has 8 heteroatoms. The number of carbonyl (C=O) groups is 1. The van der Waals surface area contributed by atoms with Gasteiger partial charge in [0.25, 0.3) is 0 Å². The minimum Gasteiger partial charge on any atom is -0.381 e. The van der Waals surface area contributed by atoms with Crippen LogP contribution in [-0.2, 0) is 0 Å². The van der Waals surface area contributed by atoms with Crippen LogP contribution in [0.2, 0.25) is 0 Å². The van der Waals surface area contributed by atoms with E-state index in [2.05, 4.69) is 33.8 Å². The summed E-state index contributed by atoms with van der Waals surface area (Å²) in [6, 6.07) is 7.09. The van der Waals surface area contributed by atoms with Gasteiger partial charge in [-0.15, -0.1) is 0 Å². The average molecular weight is 369 g/mol. The van der Waals surface area contributed by atoms with Crippen molar-refractivity contribution in [1.82, 2.24) is 19.8 Å². The van der Waals surface area contributed by atoms with Crippen LogP contribution in [0, 0.1) is 0 Å². The first-order valence-electron chi connectivity index (χ1n) is 9.09. The van der Waals surface area contributed by atoms with Crippen molar-refractivity contribution in [2.24, 2.45) is 5.73 Å². The molecule has 144 valence electrons. The summed E-state index contributed by atoms with van der Waals surface area (Å²) in [4.78, 5) is 27.3. The number of amides is 1. The van der Waals surface area contributed by atoms with Crippen molar-refractivity contribution in [3.8, 4) is 11.3 Å². The molecule has 2 heterocycles. The van der Waals surface area contributed by atoms with Gasteiger partial charge in [-0.05, 0) is 26.2 Å². The number of nitrogens with two attached hydrogens (primary N) is 2. The Bertz CT molecular complexity index is 800. The van der Waals surface area contributed by atoms with Gasteiger partial charge in [0.2, 0.25) is 5.91 Å². The van der Waals surface area contributed by atoms with Crippen molar-refractivity contribution < 1.29 is 4.79 Å². The second kappa shape index (κ2) is 8.32. The third-order valence-electron chi connectivity index (χ3n) is 4.76. The standard InChI is InChI=1S/C19H27N7O/c1-24(2)6-7-25-8-10-26(11-9-25)19-17(20)22-13-16(23-19)14-4-3-5-15(12-14)18(21)27/h3-5,12-13H,6-11H2,1-2H3,(H2,20,22)(H2,21,27). The van der Waals surface area contributed by atoms with E-state index in [-0.39, 0.29) is 0 Å². The first-order valence-corrected chi connectivity index (χ1v) is 9.09. The molecule has 1 aliphatic heterocycles. The van der Waals surface area contributed by atoms with Crippen LogP contribution in [0.5, 0.6) is 0 Å². The summed E-state index contributed by atoms with van der Waals surface area (Å²) in [5.74, 6) is 0.658. The zero-order valence-electron chi connectivity index (χ0n) is 15.9. The largest absolute Gasteiger partial charge is 0.381 e. The smallest absolute Gasteiger partial charge is 0.248 e. The Morgan fingerprint density at radius 3 is 2.63 bits per heavy atom. The molecule has 0 radical (unpaired) electrons. The van der Waals surface area contributed by atoms with Crippen LogP contribution in [0.4, 0.5) is 11.6 Å². The molecule has 1 saturated heterocycles. The molecular formula is C19H27N7O. The molecule has 2 aromatic rings. The van der Waals surface area contributed by atoms with E-state index in [1.54, 1.807) is 24.4 Å². The minimum absolute atomic E-state index is 0.423. The second-order valence-electron chi connectivity index (χ2n) is 7.04. The molecule has 1 aliphatic rings. The van der Waals surface area contributed by atoms with Gasteiger partial charge >= 0.3 is 0 Å². The Labute approximate surface area is 159 Å². The molecule has 27 heavy (non-hydrogen) atoms. The number of hydrogen-bond acceptors (Lipinski definition) is 7. The quantitative estimate of drug-likeness (QED) is 0.764. The van der Waals surface area contributed by atoms with Gasteiger partial charge in [0.1, 0.15) is 0 Å². The molecule has 1 amide bonds. The number of rotatable bonds is 6. The maximum atomic E-state index is 11.4.